The Hall–Kier alpha value is -3.43. The second kappa shape index (κ2) is 6.95. The van der Waals surface area contributed by atoms with Crippen molar-refractivity contribution in [2.75, 3.05) is 5.32 Å². The van der Waals surface area contributed by atoms with Crippen LogP contribution in [0.5, 0.6) is 0 Å². The van der Waals surface area contributed by atoms with Crippen LogP contribution in [0.3, 0.4) is 0 Å². The molecule has 28 heavy (non-hydrogen) atoms. The lowest BCUT2D eigenvalue weighted by Gasteiger charge is -2.07. The van der Waals surface area contributed by atoms with Gasteiger partial charge in [0, 0.05) is 16.0 Å². The molecule has 1 aromatic heterocycles. The smallest absolute Gasteiger partial charge is 0.265 e. The normalized spacial score (nSPS) is 11.0. The lowest BCUT2D eigenvalue weighted by molar-refractivity contribution is 0.103. The van der Waals surface area contributed by atoms with E-state index in [0.717, 1.165) is 26.9 Å². The van der Waals surface area contributed by atoms with Crippen LogP contribution in [0.25, 0.3) is 32.0 Å². The summed E-state index contributed by atoms with van der Waals surface area (Å²) in [6, 6.07) is 32.7. The van der Waals surface area contributed by atoms with Crippen LogP contribution in [0.15, 0.2) is 97.1 Å². The molecule has 0 saturated heterocycles. The van der Waals surface area contributed by atoms with Crippen LogP contribution in [-0.4, -0.2) is 5.91 Å². The van der Waals surface area contributed by atoms with Gasteiger partial charge in [0.15, 0.2) is 0 Å². The first kappa shape index (κ1) is 16.7. The van der Waals surface area contributed by atoms with Crippen molar-refractivity contribution < 1.29 is 4.79 Å². The molecule has 0 aliphatic rings. The molecule has 0 bridgehead atoms. The van der Waals surface area contributed by atoms with Gasteiger partial charge in [0.1, 0.15) is 0 Å². The van der Waals surface area contributed by atoms with Crippen molar-refractivity contribution in [1.29, 1.82) is 0 Å². The standard InChI is InChI=1S/C25H17NOS/c27-25(26-22-11-5-9-18-7-3-4-10-21(18)22)24-15-14-23(28-24)20-13-12-17-6-1-2-8-19(17)16-20/h1-16H,(H,26,27). The van der Waals surface area contributed by atoms with Gasteiger partial charge < -0.3 is 5.32 Å². The quantitative estimate of drug-likeness (QED) is 0.360. The van der Waals surface area contributed by atoms with Crippen LogP contribution < -0.4 is 5.32 Å². The summed E-state index contributed by atoms with van der Waals surface area (Å²) >= 11 is 1.52. The lowest BCUT2D eigenvalue weighted by atomic mass is 10.1. The number of nitrogens with one attached hydrogen (secondary N) is 1. The van der Waals surface area contributed by atoms with Crippen molar-refractivity contribution in [2.24, 2.45) is 0 Å². The molecule has 1 amide bonds. The Kier molecular flexibility index (Phi) is 4.15. The Morgan fingerprint density at radius 1 is 0.679 bits per heavy atom. The summed E-state index contributed by atoms with van der Waals surface area (Å²) in [6.45, 7) is 0. The van der Waals surface area contributed by atoms with Gasteiger partial charge in [-0.25, -0.2) is 0 Å². The molecule has 5 aromatic rings. The van der Waals surface area contributed by atoms with Crippen LogP contribution in [0, 0.1) is 0 Å². The Bertz CT molecular complexity index is 1310. The maximum Gasteiger partial charge on any atom is 0.265 e. The van der Waals surface area contributed by atoms with E-state index >= 15 is 0 Å². The summed E-state index contributed by atoms with van der Waals surface area (Å²) in [5, 5.41) is 7.65. The van der Waals surface area contributed by atoms with Crippen molar-refractivity contribution in [3.8, 4) is 10.4 Å². The van der Waals surface area contributed by atoms with E-state index in [9.17, 15) is 4.79 Å². The zero-order valence-electron chi connectivity index (χ0n) is 15.1. The molecule has 3 heteroatoms. The molecule has 0 unspecified atom stereocenters. The molecular formula is C25H17NOS. The molecule has 2 nitrogen and oxygen atoms in total. The highest BCUT2D eigenvalue weighted by molar-refractivity contribution is 7.17. The van der Waals surface area contributed by atoms with Crippen molar-refractivity contribution in [1.82, 2.24) is 0 Å². The van der Waals surface area contributed by atoms with Gasteiger partial charge in [-0.15, -0.1) is 11.3 Å². The second-order valence-corrected chi connectivity index (χ2v) is 7.79. The molecule has 5 rings (SSSR count). The first-order chi connectivity index (χ1) is 13.8. The van der Waals surface area contributed by atoms with Crippen molar-refractivity contribution in [3.63, 3.8) is 0 Å². The molecule has 4 aromatic carbocycles. The minimum Gasteiger partial charge on any atom is -0.321 e. The van der Waals surface area contributed by atoms with Gasteiger partial charge in [-0.05, 0) is 46.0 Å². The summed E-state index contributed by atoms with van der Waals surface area (Å²) in [5.41, 5.74) is 1.97. The van der Waals surface area contributed by atoms with Gasteiger partial charge in [-0.2, -0.15) is 0 Å². The van der Waals surface area contributed by atoms with Gasteiger partial charge >= 0.3 is 0 Å². The largest absolute Gasteiger partial charge is 0.321 e. The number of fused-ring (bicyclic) bond motifs is 2. The van der Waals surface area contributed by atoms with Crippen LogP contribution >= 0.6 is 11.3 Å². The third-order valence-electron chi connectivity index (χ3n) is 4.90. The Labute approximate surface area is 167 Å². The molecule has 0 aliphatic carbocycles. The van der Waals surface area contributed by atoms with Gasteiger partial charge in [-0.3, -0.25) is 4.79 Å². The molecule has 0 radical (unpaired) electrons. The molecular weight excluding hydrogens is 362 g/mol. The molecule has 1 N–H and O–H groups in total. The highest BCUT2D eigenvalue weighted by atomic mass is 32.1. The highest BCUT2D eigenvalue weighted by Crippen LogP contribution is 2.31. The van der Waals surface area contributed by atoms with Crippen LogP contribution in [0.4, 0.5) is 5.69 Å². The third kappa shape index (κ3) is 3.06. The Morgan fingerprint density at radius 2 is 1.43 bits per heavy atom. The molecule has 0 saturated carbocycles. The molecule has 0 spiro atoms. The summed E-state index contributed by atoms with van der Waals surface area (Å²) in [6.07, 6.45) is 0. The summed E-state index contributed by atoms with van der Waals surface area (Å²) in [5.74, 6) is -0.0756. The number of carbonyl (C=O) groups excluding carboxylic acids is 1. The number of anilines is 1. The number of carbonyl (C=O) groups is 1. The molecule has 0 fully saturated rings. The zero-order valence-corrected chi connectivity index (χ0v) is 15.9. The van der Waals surface area contributed by atoms with E-state index in [1.807, 2.05) is 66.7 Å². The van der Waals surface area contributed by atoms with Gasteiger partial charge in [0.25, 0.3) is 5.91 Å². The second-order valence-electron chi connectivity index (χ2n) is 6.71. The summed E-state index contributed by atoms with van der Waals surface area (Å²) < 4.78 is 0. The third-order valence-corrected chi connectivity index (χ3v) is 6.03. The molecule has 1 heterocycles. The maximum absolute atomic E-state index is 12.8. The zero-order chi connectivity index (χ0) is 18.9. The van der Waals surface area contributed by atoms with Crippen LogP contribution in [-0.2, 0) is 0 Å². The lowest BCUT2D eigenvalue weighted by Crippen LogP contribution is -2.10. The van der Waals surface area contributed by atoms with Gasteiger partial charge in [-0.1, -0.05) is 72.8 Å². The first-order valence-electron chi connectivity index (χ1n) is 9.16. The molecule has 134 valence electrons. The van der Waals surface area contributed by atoms with E-state index < -0.39 is 0 Å². The average molecular weight is 379 g/mol. The molecule has 0 aliphatic heterocycles. The Morgan fingerprint density at radius 3 is 2.32 bits per heavy atom. The predicted octanol–water partition coefficient (Wildman–Crippen LogP) is 6.97. The monoisotopic (exact) mass is 379 g/mol. The van der Waals surface area contributed by atoms with Gasteiger partial charge in [0.2, 0.25) is 0 Å². The Balaban J connectivity index is 1.44. The average Bonchev–Trinajstić information content (AvgIpc) is 3.24. The fourth-order valence-electron chi connectivity index (χ4n) is 3.48. The fraction of sp³-hybridized carbons (Fsp3) is 0. The summed E-state index contributed by atoms with van der Waals surface area (Å²) in [7, 11) is 0. The number of amides is 1. The SMILES string of the molecule is O=C(Nc1cccc2ccccc12)c1ccc(-c2ccc3ccccc3c2)s1. The van der Waals surface area contributed by atoms with E-state index in [0.29, 0.717) is 4.88 Å². The highest BCUT2D eigenvalue weighted by Gasteiger charge is 2.12. The van der Waals surface area contributed by atoms with Crippen LogP contribution in [0.1, 0.15) is 9.67 Å². The molecule has 0 atom stereocenters. The van der Waals surface area contributed by atoms with Crippen LogP contribution in [0.2, 0.25) is 0 Å². The number of hydrogen-bond acceptors (Lipinski definition) is 2. The first-order valence-corrected chi connectivity index (χ1v) is 9.98. The van der Waals surface area contributed by atoms with E-state index in [1.165, 1.54) is 22.1 Å². The number of rotatable bonds is 3. The van der Waals surface area contributed by atoms with Crippen molar-refractivity contribution >= 4 is 44.5 Å². The van der Waals surface area contributed by atoms with Crippen molar-refractivity contribution in [2.45, 2.75) is 0 Å². The maximum atomic E-state index is 12.8. The number of benzene rings is 4. The fourth-order valence-corrected chi connectivity index (χ4v) is 4.37. The number of hydrogen-bond donors (Lipinski definition) is 1. The minimum absolute atomic E-state index is 0.0756. The van der Waals surface area contributed by atoms with E-state index in [-0.39, 0.29) is 5.91 Å². The van der Waals surface area contributed by atoms with Gasteiger partial charge in [0.05, 0.1) is 4.88 Å². The van der Waals surface area contributed by atoms with E-state index in [4.69, 9.17) is 0 Å². The minimum atomic E-state index is -0.0756. The van der Waals surface area contributed by atoms with E-state index in [2.05, 4.69) is 35.6 Å². The summed E-state index contributed by atoms with van der Waals surface area (Å²) in [4.78, 5) is 14.6. The number of thiophene rings is 1. The van der Waals surface area contributed by atoms with Crippen molar-refractivity contribution in [3.05, 3.63) is 102 Å². The van der Waals surface area contributed by atoms with E-state index in [1.54, 1.807) is 0 Å². The predicted molar refractivity (Wildman–Crippen MR) is 119 cm³/mol. The topological polar surface area (TPSA) is 29.1 Å².